The number of nitrogens with one attached hydrogen (secondary N) is 1. The SMILES string of the molecule is CNC(Cc1ccccc1Cl)c1cccc(F)c1Br. The second kappa shape index (κ2) is 6.51. The zero-order valence-electron chi connectivity index (χ0n) is 10.5. The van der Waals surface area contributed by atoms with Crippen molar-refractivity contribution in [1.29, 1.82) is 0 Å². The maximum atomic E-state index is 13.6. The summed E-state index contributed by atoms with van der Waals surface area (Å²) in [6, 6.07) is 12.8. The van der Waals surface area contributed by atoms with Gasteiger partial charge in [-0.1, -0.05) is 41.9 Å². The summed E-state index contributed by atoms with van der Waals surface area (Å²) in [6.45, 7) is 0. The molecule has 0 saturated heterocycles. The molecule has 4 heteroatoms. The zero-order chi connectivity index (χ0) is 13.8. The van der Waals surface area contributed by atoms with Gasteiger partial charge in [0.15, 0.2) is 0 Å². The molecular weight excluding hydrogens is 329 g/mol. The van der Waals surface area contributed by atoms with Crippen LogP contribution in [0.2, 0.25) is 5.02 Å². The smallest absolute Gasteiger partial charge is 0.137 e. The highest BCUT2D eigenvalue weighted by Crippen LogP contribution is 2.29. The maximum Gasteiger partial charge on any atom is 0.137 e. The molecule has 2 aromatic carbocycles. The van der Waals surface area contributed by atoms with Crippen molar-refractivity contribution in [2.45, 2.75) is 12.5 Å². The fourth-order valence-corrected chi connectivity index (χ4v) is 2.79. The van der Waals surface area contributed by atoms with Gasteiger partial charge in [-0.25, -0.2) is 4.39 Å². The fourth-order valence-electron chi connectivity index (χ4n) is 2.04. The van der Waals surface area contributed by atoms with Gasteiger partial charge in [-0.3, -0.25) is 0 Å². The minimum Gasteiger partial charge on any atom is -0.313 e. The lowest BCUT2D eigenvalue weighted by molar-refractivity contribution is 0.571. The third-order valence-corrected chi connectivity index (χ3v) is 4.29. The Hall–Kier alpha value is -0.900. The van der Waals surface area contributed by atoms with Crippen LogP contribution in [0.15, 0.2) is 46.9 Å². The van der Waals surface area contributed by atoms with Gasteiger partial charge in [-0.2, -0.15) is 0 Å². The summed E-state index contributed by atoms with van der Waals surface area (Å²) in [5, 5.41) is 3.94. The van der Waals surface area contributed by atoms with Crippen molar-refractivity contribution >= 4 is 27.5 Å². The Labute approximate surface area is 125 Å². The van der Waals surface area contributed by atoms with Crippen molar-refractivity contribution in [1.82, 2.24) is 5.32 Å². The van der Waals surface area contributed by atoms with Gasteiger partial charge in [-0.15, -0.1) is 0 Å². The lowest BCUT2D eigenvalue weighted by atomic mass is 9.99. The molecule has 100 valence electrons. The molecule has 2 rings (SSSR count). The third kappa shape index (κ3) is 3.35. The molecule has 2 aromatic rings. The molecule has 0 spiro atoms. The van der Waals surface area contributed by atoms with Crippen LogP contribution in [0.5, 0.6) is 0 Å². The van der Waals surface area contributed by atoms with Crippen molar-refractivity contribution in [3.63, 3.8) is 0 Å². The van der Waals surface area contributed by atoms with E-state index in [1.165, 1.54) is 6.07 Å². The lowest BCUT2D eigenvalue weighted by Gasteiger charge is -2.19. The summed E-state index contributed by atoms with van der Waals surface area (Å²) in [4.78, 5) is 0. The molecule has 1 nitrogen and oxygen atoms in total. The van der Waals surface area contributed by atoms with Crippen LogP contribution in [0.1, 0.15) is 17.2 Å². The Morgan fingerprint density at radius 2 is 1.95 bits per heavy atom. The van der Waals surface area contributed by atoms with Gasteiger partial charge < -0.3 is 5.32 Å². The summed E-state index contributed by atoms with van der Waals surface area (Å²) >= 11 is 9.48. The second-order valence-corrected chi connectivity index (χ2v) is 5.48. The quantitative estimate of drug-likeness (QED) is 0.846. The predicted molar refractivity (Wildman–Crippen MR) is 81.1 cm³/mol. The molecule has 1 N–H and O–H groups in total. The van der Waals surface area contributed by atoms with Gasteiger partial charge in [0.25, 0.3) is 0 Å². The number of hydrogen-bond acceptors (Lipinski definition) is 1. The molecule has 0 fully saturated rings. The van der Waals surface area contributed by atoms with E-state index in [1.54, 1.807) is 6.07 Å². The lowest BCUT2D eigenvalue weighted by Crippen LogP contribution is -2.19. The maximum absolute atomic E-state index is 13.6. The summed E-state index contributed by atoms with van der Waals surface area (Å²) < 4.78 is 14.1. The summed E-state index contributed by atoms with van der Waals surface area (Å²) in [6.07, 6.45) is 0.707. The number of rotatable bonds is 4. The first-order chi connectivity index (χ1) is 9.13. The van der Waals surface area contributed by atoms with E-state index in [4.69, 9.17) is 11.6 Å². The number of hydrogen-bond donors (Lipinski definition) is 1. The van der Waals surface area contributed by atoms with Crippen molar-refractivity contribution in [3.8, 4) is 0 Å². The number of halogens is 3. The van der Waals surface area contributed by atoms with E-state index in [1.807, 2.05) is 37.4 Å². The Morgan fingerprint density at radius 1 is 1.21 bits per heavy atom. The molecule has 0 heterocycles. The average molecular weight is 343 g/mol. The summed E-state index contributed by atoms with van der Waals surface area (Å²) in [7, 11) is 1.86. The van der Waals surface area contributed by atoms with E-state index in [2.05, 4.69) is 21.2 Å². The summed E-state index contributed by atoms with van der Waals surface area (Å²) in [5.74, 6) is -0.253. The minimum atomic E-state index is -0.253. The van der Waals surface area contributed by atoms with Crippen LogP contribution < -0.4 is 5.32 Å². The topological polar surface area (TPSA) is 12.0 Å². The second-order valence-electron chi connectivity index (χ2n) is 4.28. The minimum absolute atomic E-state index is 0.00461. The van der Waals surface area contributed by atoms with Gasteiger partial charge in [-0.05, 0) is 52.7 Å². The van der Waals surface area contributed by atoms with Gasteiger partial charge in [0.05, 0.1) is 4.47 Å². The van der Waals surface area contributed by atoms with Crippen molar-refractivity contribution < 1.29 is 4.39 Å². The van der Waals surface area contributed by atoms with Crippen molar-refractivity contribution in [2.24, 2.45) is 0 Å². The Kier molecular flexibility index (Phi) is 4.97. The van der Waals surface area contributed by atoms with Crippen LogP contribution in [0.4, 0.5) is 4.39 Å². The monoisotopic (exact) mass is 341 g/mol. The summed E-state index contributed by atoms with van der Waals surface area (Å²) in [5.41, 5.74) is 1.93. The Bertz CT molecular complexity index is 574. The van der Waals surface area contributed by atoms with Crippen molar-refractivity contribution in [2.75, 3.05) is 7.05 Å². The normalized spacial score (nSPS) is 12.4. The first kappa shape index (κ1) is 14.5. The van der Waals surface area contributed by atoms with Crippen LogP contribution in [0, 0.1) is 5.82 Å². The third-order valence-electron chi connectivity index (χ3n) is 3.09. The van der Waals surface area contributed by atoms with E-state index in [0.29, 0.717) is 10.9 Å². The molecule has 1 unspecified atom stereocenters. The first-order valence-electron chi connectivity index (χ1n) is 5.98. The van der Waals surface area contributed by atoms with E-state index < -0.39 is 0 Å². The number of benzene rings is 2. The standard InChI is InChI=1S/C15H14BrClFN/c1-19-14(9-10-5-2-3-7-12(10)17)11-6-4-8-13(18)15(11)16/h2-8,14,19H,9H2,1H3. The fraction of sp³-hybridized carbons (Fsp3) is 0.200. The number of likely N-dealkylation sites (N-methyl/N-ethyl adjacent to an activating group) is 1. The zero-order valence-corrected chi connectivity index (χ0v) is 12.8. The highest BCUT2D eigenvalue weighted by atomic mass is 79.9. The first-order valence-corrected chi connectivity index (χ1v) is 7.15. The van der Waals surface area contributed by atoms with Crippen LogP contribution in [-0.2, 0) is 6.42 Å². The molecule has 0 saturated carbocycles. The largest absolute Gasteiger partial charge is 0.313 e. The van der Waals surface area contributed by atoms with E-state index in [0.717, 1.165) is 16.1 Å². The molecule has 1 atom stereocenters. The van der Waals surface area contributed by atoms with Crippen LogP contribution >= 0.6 is 27.5 Å². The molecule has 0 aliphatic heterocycles. The van der Waals surface area contributed by atoms with Crippen LogP contribution in [0.3, 0.4) is 0 Å². The van der Waals surface area contributed by atoms with Gasteiger partial charge >= 0.3 is 0 Å². The van der Waals surface area contributed by atoms with E-state index in [-0.39, 0.29) is 11.9 Å². The molecule has 0 bridgehead atoms. The van der Waals surface area contributed by atoms with E-state index >= 15 is 0 Å². The molecule has 0 aliphatic rings. The van der Waals surface area contributed by atoms with Gasteiger partial charge in [0, 0.05) is 11.1 Å². The van der Waals surface area contributed by atoms with Crippen LogP contribution in [-0.4, -0.2) is 7.05 Å². The molecule has 0 aliphatic carbocycles. The van der Waals surface area contributed by atoms with Gasteiger partial charge in [0.1, 0.15) is 5.82 Å². The molecular formula is C15H14BrClFN. The average Bonchev–Trinajstić information content (AvgIpc) is 2.41. The molecule has 0 amide bonds. The molecule has 0 aromatic heterocycles. The van der Waals surface area contributed by atoms with E-state index in [9.17, 15) is 4.39 Å². The molecule has 19 heavy (non-hydrogen) atoms. The van der Waals surface area contributed by atoms with Crippen LogP contribution in [0.25, 0.3) is 0 Å². The highest BCUT2D eigenvalue weighted by molar-refractivity contribution is 9.10. The van der Waals surface area contributed by atoms with Gasteiger partial charge in [0.2, 0.25) is 0 Å². The van der Waals surface area contributed by atoms with Crippen molar-refractivity contribution in [3.05, 3.63) is 68.9 Å². The molecule has 0 radical (unpaired) electrons. The predicted octanol–water partition coefficient (Wildman–Crippen LogP) is 4.74. The Balaban J connectivity index is 2.31. The highest BCUT2D eigenvalue weighted by Gasteiger charge is 2.16. The Morgan fingerprint density at radius 3 is 2.63 bits per heavy atom.